The van der Waals surface area contributed by atoms with Gasteiger partial charge in [0, 0.05) is 44.3 Å². The van der Waals surface area contributed by atoms with E-state index in [4.69, 9.17) is 0 Å². The molecule has 0 radical (unpaired) electrons. The fourth-order valence-electron chi connectivity index (χ4n) is 12.3. The molecule has 0 aliphatic rings. The second-order valence-electron chi connectivity index (χ2n) is 24.0. The lowest BCUT2D eigenvalue weighted by atomic mass is 9.91. The first-order valence-corrected chi connectivity index (χ1v) is 30.7. The molecule has 0 N–H and O–H groups in total. The van der Waals surface area contributed by atoms with E-state index in [-0.39, 0.29) is 0 Å². The predicted molar refractivity (Wildman–Crippen MR) is 385 cm³/mol. The van der Waals surface area contributed by atoms with Crippen molar-refractivity contribution in [2.75, 3.05) is 9.80 Å². The maximum absolute atomic E-state index is 2.51. The highest BCUT2D eigenvalue weighted by molar-refractivity contribution is 6.27. The van der Waals surface area contributed by atoms with Crippen LogP contribution in [-0.2, 0) is 0 Å². The molecule has 2 heteroatoms. The van der Waals surface area contributed by atoms with E-state index < -0.39 is 0 Å². The summed E-state index contributed by atoms with van der Waals surface area (Å²) < 4.78 is 0. The third-order valence-corrected chi connectivity index (χ3v) is 17.4. The lowest BCUT2D eigenvalue weighted by molar-refractivity contribution is 1.29. The molecule has 0 bridgehead atoms. The average Bonchev–Trinajstić information content (AvgIpc) is 1.35. The van der Waals surface area contributed by atoms with Gasteiger partial charge in [0.1, 0.15) is 0 Å². The average molecular weight is 1130 g/mol. The van der Waals surface area contributed by atoms with Crippen molar-refractivity contribution in [3.8, 4) is 0 Å². The Hall–Kier alpha value is -10.5. The van der Waals surface area contributed by atoms with Crippen molar-refractivity contribution in [1.82, 2.24) is 0 Å². The maximum atomic E-state index is 2.51. The standard InChI is InChI=1S/C86H72N2/c1-57-17-33-69(34-18-57)61(5)49-65-25-41-77(42-26-65)87(78-43-27-66(28-44-78)50-62(6)70-35-19-58(2)20-36-70)85-81-53-73-13-9-11-15-75(73)55-83(81)86(84-56-76-16-12-10-14-74(76)54-82(84)85)88(79-45-29-67(30-46-79)51-63(7)71-37-21-59(3)22-38-71)80-47-31-68(32-48-80)52-64(8)72-39-23-60(4)24-40-72/h9-56H,1-8H3. The van der Waals surface area contributed by atoms with E-state index in [0.29, 0.717) is 0 Å². The maximum Gasteiger partial charge on any atom is 0.0620 e. The molecular weight excluding hydrogens is 1060 g/mol. The van der Waals surface area contributed by atoms with E-state index >= 15 is 0 Å². The summed E-state index contributed by atoms with van der Waals surface area (Å²) in [6.45, 7) is 17.4. The molecule has 13 aromatic rings. The van der Waals surface area contributed by atoms with Gasteiger partial charge in [-0.25, -0.2) is 0 Å². The van der Waals surface area contributed by atoms with Crippen molar-refractivity contribution in [2.45, 2.75) is 55.4 Å². The van der Waals surface area contributed by atoms with Crippen molar-refractivity contribution in [3.63, 3.8) is 0 Å². The predicted octanol–water partition coefficient (Wildman–Crippen LogP) is 24.7. The molecule has 0 aliphatic heterocycles. The van der Waals surface area contributed by atoms with Crippen LogP contribution in [0.1, 0.15) is 94.5 Å². The number of anilines is 6. The van der Waals surface area contributed by atoms with E-state index in [1.807, 2.05) is 0 Å². The van der Waals surface area contributed by atoms with Crippen LogP contribution >= 0.6 is 0 Å². The number of aryl methyl sites for hydroxylation is 4. The van der Waals surface area contributed by atoms with Gasteiger partial charge in [0.25, 0.3) is 0 Å². The molecule has 0 aliphatic carbocycles. The Morgan fingerprint density at radius 3 is 0.625 bits per heavy atom. The molecule has 0 saturated carbocycles. The minimum Gasteiger partial charge on any atom is -0.309 e. The summed E-state index contributed by atoms with van der Waals surface area (Å²) in [6.07, 6.45) is 9.19. The number of hydrogen-bond acceptors (Lipinski definition) is 2. The van der Waals surface area contributed by atoms with E-state index in [9.17, 15) is 0 Å². The zero-order valence-corrected chi connectivity index (χ0v) is 51.6. The quantitative estimate of drug-likeness (QED) is 0.0608. The van der Waals surface area contributed by atoms with Gasteiger partial charge in [-0.3, -0.25) is 0 Å². The Balaban J connectivity index is 1.06. The van der Waals surface area contributed by atoms with Crippen LogP contribution in [0.15, 0.2) is 267 Å². The van der Waals surface area contributed by atoms with Crippen LogP contribution < -0.4 is 9.80 Å². The van der Waals surface area contributed by atoms with Gasteiger partial charge >= 0.3 is 0 Å². The number of rotatable bonds is 14. The van der Waals surface area contributed by atoms with Gasteiger partial charge in [0.15, 0.2) is 0 Å². The van der Waals surface area contributed by atoms with Crippen molar-refractivity contribution < 1.29 is 0 Å². The zero-order valence-electron chi connectivity index (χ0n) is 51.6. The van der Waals surface area contributed by atoms with E-state index in [2.05, 4.69) is 356 Å². The van der Waals surface area contributed by atoms with E-state index in [0.717, 1.165) is 77.9 Å². The highest BCUT2D eigenvalue weighted by Crippen LogP contribution is 2.53. The van der Waals surface area contributed by atoms with Gasteiger partial charge in [-0.15, -0.1) is 0 Å². The minimum atomic E-state index is 1.06. The van der Waals surface area contributed by atoms with Crippen LogP contribution in [0.5, 0.6) is 0 Å². The first-order valence-electron chi connectivity index (χ1n) is 30.7. The van der Waals surface area contributed by atoms with Gasteiger partial charge < -0.3 is 9.80 Å². The Labute approximate surface area is 519 Å². The number of nitrogens with zero attached hydrogens (tertiary/aromatic N) is 2. The number of fused-ring (bicyclic) bond motifs is 4. The molecule has 426 valence electrons. The normalized spacial score (nSPS) is 12.4. The molecule has 0 amide bonds. The fraction of sp³-hybridized carbons (Fsp3) is 0.0930. The van der Waals surface area contributed by atoms with Crippen LogP contribution in [-0.4, -0.2) is 0 Å². The van der Waals surface area contributed by atoms with E-state index in [1.165, 1.54) is 88.3 Å². The topological polar surface area (TPSA) is 6.48 Å². The third-order valence-electron chi connectivity index (χ3n) is 17.4. The van der Waals surface area contributed by atoms with Crippen LogP contribution in [0.4, 0.5) is 34.1 Å². The minimum absolute atomic E-state index is 1.06. The number of hydrogen-bond donors (Lipinski definition) is 0. The second kappa shape index (κ2) is 24.4. The van der Waals surface area contributed by atoms with Crippen LogP contribution in [0, 0.1) is 27.7 Å². The number of allylic oxidation sites excluding steroid dienone is 4. The highest BCUT2D eigenvalue weighted by atomic mass is 15.2. The highest BCUT2D eigenvalue weighted by Gasteiger charge is 2.27. The lowest BCUT2D eigenvalue weighted by Crippen LogP contribution is -2.15. The van der Waals surface area contributed by atoms with Crippen LogP contribution in [0.3, 0.4) is 0 Å². The smallest absolute Gasteiger partial charge is 0.0620 e. The Kier molecular flexibility index (Phi) is 15.7. The molecule has 88 heavy (non-hydrogen) atoms. The summed E-state index contributed by atoms with van der Waals surface area (Å²) in [5.41, 5.74) is 25.8. The van der Waals surface area contributed by atoms with Crippen molar-refractivity contribution in [1.29, 1.82) is 0 Å². The summed E-state index contributed by atoms with van der Waals surface area (Å²) in [7, 11) is 0. The summed E-state index contributed by atoms with van der Waals surface area (Å²) in [5, 5.41) is 9.26. The fourth-order valence-corrected chi connectivity index (χ4v) is 12.3. The van der Waals surface area contributed by atoms with Gasteiger partial charge in [0.2, 0.25) is 0 Å². The molecule has 13 aromatic carbocycles. The summed E-state index contributed by atoms with van der Waals surface area (Å²) in [4.78, 5) is 5.02. The third kappa shape index (κ3) is 11.9. The Morgan fingerprint density at radius 1 is 0.239 bits per heavy atom. The molecule has 2 nitrogen and oxygen atoms in total. The summed E-state index contributed by atoms with van der Waals surface area (Å²) >= 11 is 0. The van der Waals surface area contributed by atoms with Crippen molar-refractivity contribution in [3.05, 3.63) is 334 Å². The van der Waals surface area contributed by atoms with Crippen molar-refractivity contribution >= 4 is 124 Å². The van der Waals surface area contributed by atoms with Crippen molar-refractivity contribution in [2.24, 2.45) is 0 Å². The van der Waals surface area contributed by atoms with Gasteiger partial charge in [0.05, 0.1) is 11.4 Å². The molecule has 0 heterocycles. The molecule has 0 unspecified atom stereocenters. The molecule has 0 saturated heterocycles. The SMILES string of the molecule is CC(=Cc1ccc(N(c2ccc(C=C(C)c3ccc(C)cc3)cc2)c2c3cc4ccccc4cc3c(N(c3ccc(C=C(C)c4ccc(C)cc4)cc3)c3ccc(C=C(C)c4ccc(C)cc4)cc3)c3cc4ccccc4cc23)cc1)c1ccc(C)cc1. The van der Waals surface area contributed by atoms with Crippen LogP contribution in [0.25, 0.3) is 89.7 Å². The monoisotopic (exact) mass is 1130 g/mol. The molecule has 0 spiro atoms. The summed E-state index contributed by atoms with van der Waals surface area (Å²) in [6, 6.07) is 99.3. The molecule has 0 fully saturated rings. The molecule has 0 atom stereocenters. The van der Waals surface area contributed by atoms with E-state index in [1.54, 1.807) is 0 Å². The molecule has 0 aromatic heterocycles. The van der Waals surface area contributed by atoms with Gasteiger partial charge in [-0.1, -0.05) is 241 Å². The molecular formula is C86H72N2. The Morgan fingerprint density at radius 2 is 0.432 bits per heavy atom. The molecule has 13 rings (SSSR count). The first kappa shape index (κ1) is 56.6. The lowest BCUT2D eigenvalue weighted by Gasteiger charge is -2.33. The van der Waals surface area contributed by atoms with Crippen LogP contribution in [0.2, 0.25) is 0 Å². The van der Waals surface area contributed by atoms with Gasteiger partial charge in [-0.05, 0) is 217 Å². The Bertz CT molecular complexity index is 4210. The summed E-state index contributed by atoms with van der Waals surface area (Å²) in [5.74, 6) is 0. The zero-order chi connectivity index (χ0) is 60.4. The number of benzene rings is 13. The first-order chi connectivity index (χ1) is 42.8. The largest absolute Gasteiger partial charge is 0.309 e. The second-order valence-corrected chi connectivity index (χ2v) is 24.0. The van der Waals surface area contributed by atoms with Gasteiger partial charge in [-0.2, -0.15) is 0 Å².